The molecule has 10 nitrogen and oxygen atoms in total. The number of carbonyl (C=O) groups is 3. The molecular weight excluding hydrogens is 590 g/mol. The third-order valence-electron chi connectivity index (χ3n) is 9.79. The number of hydrogen-bond donors (Lipinski definition) is 1. The molecule has 7 atom stereocenters. The molecule has 2 saturated heterocycles. The first-order chi connectivity index (χ1) is 21.5. The quantitative estimate of drug-likeness (QED) is 0.427. The Morgan fingerprint density at radius 2 is 1.84 bits per heavy atom. The summed E-state index contributed by atoms with van der Waals surface area (Å²) < 4.78 is 11.0. The van der Waals surface area contributed by atoms with Gasteiger partial charge in [0.05, 0.1) is 23.7 Å². The fourth-order valence-corrected chi connectivity index (χ4v) is 8.18. The van der Waals surface area contributed by atoms with Gasteiger partial charge in [-0.05, 0) is 84.0 Å². The van der Waals surface area contributed by atoms with Crippen molar-refractivity contribution in [3.8, 4) is 6.07 Å². The lowest BCUT2D eigenvalue weighted by atomic mass is 9.65. The second-order valence-corrected chi connectivity index (χ2v) is 14.7. The minimum Gasteiger partial charge on any atom is -0.444 e. The lowest BCUT2D eigenvalue weighted by Gasteiger charge is -2.38. The predicted molar refractivity (Wildman–Crippen MR) is 171 cm³/mol. The van der Waals surface area contributed by atoms with Crippen molar-refractivity contribution in [1.82, 2.24) is 20.1 Å². The summed E-state index contributed by atoms with van der Waals surface area (Å²) in [6.45, 7) is 8.66. The number of carbonyl (C=O) groups excluding carboxylic acids is 3. The lowest BCUT2D eigenvalue weighted by molar-refractivity contribution is -0.141. The third-order valence-corrected chi connectivity index (χ3v) is 10.8. The molecule has 3 unspecified atom stereocenters. The van der Waals surface area contributed by atoms with Crippen molar-refractivity contribution in [2.75, 3.05) is 26.8 Å². The number of nitriles is 1. The van der Waals surface area contributed by atoms with Crippen LogP contribution in [0, 0.1) is 35.0 Å². The van der Waals surface area contributed by atoms with Crippen LogP contribution in [0.3, 0.4) is 0 Å². The fourth-order valence-electron chi connectivity index (χ4n) is 7.15. The van der Waals surface area contributed by atoms with E-state index in [2.05, 4.69) is 35.0 Å². The summed E-state index contributed by atoms with van der Waals surface area (Å²) in [7, 11) is 1.54. The van der Waals surface area contributed by atoms with Crippen LogP contribution >= 0.6 is 11.3 Å². The van der Waals surface area contributed by atoms with Crippen LogP contribution in [0.15, 0.2) is 29.7 Å². The summed E-state index contributed by atoms with van der Waals surface area (Å²) in [5.74, 6) is 0.161. The summed E-state index contributed by atoms with van der Waals surface area (Å²) in [4.78, 5) is 48.8. The molecule has 1 aromatic rings. The number of likely N-dealkylation sites (N-methyl/N-ethyl adjacent to an activating group) is 1. The Bertz CT molecular complexity index is 1340. The van der Waals surface area contributed by atoms with Crippen molar-refractivity contribution in [3.05, 3.63) is 40.4 Å². The first-order valence-corrected chi connectivity index (χ1v) is 17.2. The maximum Gasteiger partial charge on any atom is 0.410 e. The van der Waals surface area contributed by atoms with Gasteiger partial charge in [0.15, 0.2) is 0 Å². The van der Waals surface area contributed by atoms with E-state index in [1.807, 2.05) is 11.0 Å². The predicted octanol–water partition coefficient (Wildman–Crippen LogP) is 5.35. The number of fused-ring (bicyclic) bond motifs is 1. The van der Waals surface area contributed by atoms with Gasteiger partial charge in [0.2, 0.25) is 11.8 Å². The fraction of sp³-hybridized carbons (Fsp3) is 0.676. The second-order valence-electron chi connectivity index (χ2n) is 13.8. The maximum absolute atomic E-state index is 14.3. The van der Waals surface area contributed by atoms with E-state index < -0.39 is 29.7 Å². The smallest absolute Gasteiger partial charge is 0.410 e. The zero-order valence-corrected chi connectivity index (χ0v) is 27.9. The molecule has 1 N–H and O–H groups in total. The minimum absolute atomic E-state index is 0.0254. The van der Waals surface area contributed by atoms with Gasteiger partial charge in [0.25, 0.3) is 0 Å². The number of thiazole rings is 1. The molecule has 45 heavy (non-hydrogen) atoms. The average Bonchev–Trinajstić information content (AvgIpc) is 3.72. The average molecular weight is 638 g/mol. The lowest BCUT2D eigenvalue weighted by Crippen LogP contribution is -2.57. The Morgan fingerprint density at radius 1 is 1.13 bits per heavy atom. The number of allylic oxidation sites excluding steroid dienone is 4. The van der Waals surface area contributed by atoms with Gasteiger partial charge in [-0.2, -0.15) is 5.26 Å². The van der Waals surface area contributed by atoms with Gasteiger partial charge in [-0.1, -0.05) is 24.3 Å². The van der Waals surface area contributed by atoms with Gasteiger partial charge < -0.3 is 19.7 Å². The molecule has 0 bridgehead atoms. The highest BCUT2D eigenvalue weighted by atomic mass is 32.1. The first-order valence-electron chi connectivity index (χ1n) is 16.3. The van der Waals surface area contributed by atoms with Crippen LogP contribution in [0.1, 0.15) is 88.9 Å². The molecule has 0 aromatic carbocycles. The molecular formula is C34H47N5O5S. The van der Waals surface area contributed by atoms with Gasteiger partial charge in [-0.3, -0.25) is 14.5 Å². The first kappa shape index (κ1) is 33.1. The van der Waals surface area contributed by atoms with Gasteiger partial charge in [0, 0.05) is 38.1 Å². The van der Waals surface area contributed by atoms with E-state index >= 15 is 0 Å². The van der Waals surface area contributed by atoms with Gasteiger partial charge in [-0.25, -0.2) is 9.78 Å². The van der Waals surface area contributed by atoms with Crippen molar-refractivity contribution in [2.45, 2.75) is 95.9 Å². The molecule has 244 valence electrons. The third kappa shape index (κ3) is 7.44. The van der Waals surface area contributed by atoms with E-state index in [0.717, 1.165) is 36.4 Å². The van der Waals surface area contributed by atoms with E-state index in [4.69, 9.17) is 14.5 Å². The van der Waals surface area contributed by atoms with Crippen LogP contribution in [0.5, 0.6) is 0 Å². The number of likely N-dealkylation sites (tertiary alicyclic amines) is 1. The number of aromatic nitrogens is 1. The summed E-state index contributed by atoms with van der Waals surface area (Å²) in [6, 6.07) is 0.814. The van der Waals surface area contributed by atoms with Crippen LogP contribution < -0.4 is 5.32 Å². The Hall–Kier alpha value is -3.23. The van der Waals surface area contributed by atoms with Crippen LogP contribution in [0.25, 0.3) is 0 Å². The van der Waals surface area contributed by atoms with Crippen molar-refractivity contribution < 1.29 is 23.9 Å². The minimum atomic E-state index is -0.825. The normalized spacial score (nSPS) is 28.1. The molecule has 0 radical (unpaired) electrons. The van der Waals surface area contributed by atoms with E-state index in [1.54, 1.807) is 39.0 Å². The van der Waals surface area contributed by atoms with Crippen LogP contribution in [0.2, 0.25) is 0 Å². The van der Waals surface area contributed by atoms with Crippen LogP contribution in [-0.2, 0) is 19.1 Å². The zero-order chi connectivity index (χ0) is 32.3. The Kier molecular flexibility index (Phi) is 10.3. The number of rotatable bonds is 7. The van der Waals surface area contributed by atoms with Gasteiger partial charge in [-0.15, -0.1) is 11.3 Å². The second kappa shape index (κ2) is 14.0. The van der Waals surface area contributed by atoms with E-state index in [1.165, 1.54) is 11.9 Å². The van der Waals surface area contributed by atoms with Crippen molar-refractivity contribution in [2.24, 2.45) is 23.7 Å². The van der Waals surface area contributed by atoms with E-state index in [-0.39, 0.29) is 41.5 Å². The number of amides is 3. The molecule has 2 aliphatic heterocycles. The van der Waals surface area contributed by atoms with Crippen LogP contribution in [0.4, 0.5) is 4.79 Å². The topological polar surface area (TPSA) is 125 Å². The summed E-state index contributed by atoms with van der Waals surface area (Å²) in [5.41, 5.74) is 0.360. The Balaban J connectivity index is 1.32. The molecule has 11 heteroatoms. The Morgan fingerprint density at radius 3 is 2.53 bits per heavy atom. The molecule has 4 aliphatic rings. The zero-order valence-electron chi connectivity index (χ0n) is 27.1. The summed E-state index contributed by atoms with van der Waals surface area (Å²) >= 11 is 1.61. The SMILES string of the molecule is C[C@@H](C(=O)N[C@H](C(=O)N1CCC[C@H]1c1nc([C@@H]2CCC(C#N)C3C=CC=CC32)cs1)C1CCOCC1)N(C)C(=O)OC(C)(C)C. The van der Waals surface area contributed by atoms with E-state index in [9.17, 15) is 19.6 Å². The molecule has 3 fully saturated rings. The Labute approximate surface area is 270 Å². The van der Waals surface area contributed by atoms with Crippen molar-refractivity contribution in [1.29, 1.82) is 5.26 Å². The highest BCUT2D eigenvalue weighted by Crippen LogP contribution is 2.47. The molecule has 3 heterocycles. The molecule has 3 amide bonds. The molecule has 5 rings (SSSR count). The van der Waals surface area contributed by atoms with E-state index in [0.29, 0.717) is 32.6 Å². The molecule has 1 saturated carbocycles. The molecule has 0 spiro atoms. The van der Waals surface area contributed by atoms with Gasteiger partial charge in [0.1, 0.15) is 22.7 Å². The van der Waals surface area contributed by atoms with Crippen molar-refractivity contribution >= 4 is 29.2 Å². The number of nitrogens with one attached hydrogen (secondary N) is 1. The number of nitrogens with zero attached hydrogens (tertiary/aromatic N) is 4. The largest absolute Gasteiger partial charge is 0.444 e. The highest BCUT2D eigenvalue weighted by molar-refractivity contribution is 7.09. The van der Waals surface area contributed by atoms with Crippen molar-refractivity contribution in [3.63, 3.8) is 0 Å². The standard InChI is InChI=1S/C34H47N5O5S/c1-21(38(5)33(42)44-34(2,3)4)30(40)37-29(22-14-17-43-18-15-22)32(41)39-16-8-11-28(39)31-36-27(20-45-31)26-13-12-23(19-35)24-9-6-7-10-25(24)26/h6-7,9-10,20-26,28-29H,8,11-18H2,1-5H3,(H,37,40)/t21-,23?,24?,25?,26+,28-,29-/m0/s1. The number of ether oxygens (including phenoxy) is 2. The van der Waals surface area contributed by atoms with Gasteiger partial charge >= 0.3 is 6.09 Å². The summed E-state index contributed by atoms with van der Waals surface area (Å²) in [5, 5.41) is 15.8. The highest BCUT2D eigenvalue weighted by Gasteiger charge is 2.43. The maximum atomic E-state index is 14.3. The van der Waals surface area contributed by atoms with Crippen LogP contribution in [-0.4, -0.2) is 77.2 Å². The number of hydrogen-bond acceptors (Lipinski definition) is 8. The monoisotopic (exact) mass is 637 g/mol. The molecule has 2 aliphatic carbocycles. The molecule has 1 aromatic heterocycles. The summed E-state index contributed by atoms with van der Waals surface area (Å²) in [6.07, 6.45) is 12.7.